The van der Waals surface area contributed by atoms with Gasteiger partial charge >= 0.3 is 5.97 Å². The van der Waals surface area contributed by atoms with Crippen LogP contribution in [-0.4, -0.2) is 23.5 Å². The molecule has 0 heterocycles. The van der Waals surface area contributed by atoms with E-state index in [2.05, 4.69) is 5.21 Å². The quantitative estimate of drug-likeness (QED) is 0.417. The van der Waals surface area contributed by atoms with Gasteiger partial charge in [0.25, 0.3) is 0 Å². The third kappa shape index (κ3) is 5.72. The minimum Gasteiger partial charge on any atom is -0.478 e. The highest BCUT2D eigenvalue weighted by Gasteiger charge is 2.01. The molecule has 0 saturated heterocycles. The van der Waals surface area contributed by atoms with Gasteiger partial charge in [-0.05, 0) is 19.1 Å². The highest BCUT2D eigenvalue weighted by Crippen LogP contribution is 1.99. The summed E-state index contributed by atoms with van der Waals surface area (Å²) in [6, 6.07) is 0. The summed E-state index contributed by atoms with van der Waals surface area (Å²) >= 11 is 0. The van der Waals surface area contributed by atoms with Gasteiger partial charge in [-0.1, -0.05) is 15.8 Å². The molecule has 3 nitrogen and oxygen atoms in total. The van der Waals surface area contributed by atoms with Crippen molar-refractivity contribution in [1.29, 1.82) is 0 Å². The summed E-state index contributed by atoms with van der Waals surface area (Å²) in [6.07, 6.45) is 2.46. The molecule has 1 unspecified atom stereocenters. The molecule has 0 aromatic carbocycles. The van der Waals surface area contributed by atoms with E-state index in [1.54, 1.807) is 0 Å². The van der Waals surface area contributed by atoms with Gasteiger partial charge in [0, 0.05) is 0 Å². The number of carboxylic acids is 1. The van der Waals surface area contributed by atoms with Crippen molar-refractivity contribution in [3.05, 3.63) is 23.8 Å². The highest BCUT2D eigenvalue weighted by molar-refractivity contribution is 5.94. The Kier molecular flexibility index (Phi) is 5.34. The summed E-state index contributed by atoms with van der Waals surface area (Å²) in [4.78, 5) is 10.4. The molecule has 72 valence electrons. The van der Waals surface area contributed by atoms with E-state index >= 15 is 0 Å². The number of allylic oxidation sites excluding steroid dienone is 2. The van der Waals surface area contributed by atoms with Crippen molar-refractivity contribution in [3.63, 3.8) is 0 Å². The molecule has 0 rings (SSSR count). The molecule has 0 saturated carbocycles. The molecule has 13 heavy (non-hydrogen) atoms. The van der Waals surface area contributed by atoms with E-state index in [4.69, 9.17) is 5.11 Å². The molecule has 0 radical (unpaired) electrons. The van der Waals surface area contributed by atoms with E-state index in [0.717, 1.165) is 18.2 Å². The fraction of sp³-hybridized carbons (Fsp3) is 0.250. The first-order valence-electron chi connectivity index (χ1n) is 3.48. The van der Waals surface area contributed by atoms with Crippen LogP contribution >= 0.6 is 0 Å². The number of halogens is 2. The normalized spacial score (nSPS) is 15.5. The van der Waals surface area contributed by atoms with Crippen molar-refractivity contribution < 1.29 is 18.8 Å². The topological polar surface area (TPSA) is 49.7 Å². The van der Waals surface area contributed by atoms with E-state index in [9.17, 15) is 13.7 Å². The number of nitrogens with zero attached hydrogens (tertiary/aromatic N) is 1. The smallest absolute Gasteiger partial charge is 0.335 e. The molecule has 1 atom stereocenters. The molecule has 0 aromatic rings. The van der Waals surface area contributed by atoms with Crippen molar-refractivity contribution in [1.82, 2.24) is 0 Å². The number of hydrogen-bond acceptors (Lipinski definition) is 2. The van der Waals surface area contributed by atoms with Crippen molar-refractivity contribution in [3.8, 4) is 0 Å². The molecule has 0 spiro atoms. The fourth-order valence-electron chi connectivity index (χ4n) is 0.543. The maximum atomic E-state index is 12.2. The Morgan fingerprint density at radius 3 is 2.62 bits per heavy atom. The standard InChI is InChI=1S/C8H9F2NO2/c1-6(9)2-3-7(8(12)13)4-5-11-10/h2-6H,1H3,(H,12,13)/b3-2+,7-4+,11-5-. The summed E-state index contributed by atoms with van der Waals surface area (Å²) in [6.45, 7) is 1.25. The monoisotopic (exact) mass is 189 g/mol. The lowest BCUT2D eigenvalue weighted by Gasteiger charge is -1.92. The fourth-order valence-corrected chi connectivity index (χ4v) is 0.543. The molecule has 5 heteroatoms. The zero-order valence-corrected chi connectivity index (χ0v) is 6.95. The lowest BCUT2D eigenvalue weighted by Crippen LogP contribution is -1.98. The largest absolute Gasteiger partial charge is 0.478 e. The summed E-state index contributed by atoms with van der Waals surface area (Å²) in [5.41, 5.74) is -0.231. The van der Waals surface area contributed by atoms with E-state index in [-0.39, 0.29) is 5.57 Å². The zero-order valence-electron chi connectivity index (χ0n) is 6.95. The second-order valence-electron chi connectivity index (χ2n) is 2.21. The number of aliphatic carboxylic acids is 1. The van der Waals surface area contributed by atoms with Crippen molar-refractivity contribution in [2.45, 2.75) is 13.1 Å². The van der Waals surface area contributed by atoms with Crippen LogP contribution < -0.4 is 0 Å². The van der Waals surface area contributed by atoms with E-state index < -0.39 is 12.1 Å². The van der Waals surface area contributed by atoms with Gasteiger partial charge in [-0.15, -0.1) is 0 Å². The molecule has 0 aliphatic carbocycles. The Hall–Kier alpha value is -1.52. The first kappa shape index (κ1) is 11.5. The molecule has 0 aliphatic heterocycles. The maximum Gasteiger partial charge on any atom is 0.335 e. The van der Waals surface area contributed by atoms with Crippen LogP contribution in [0.3, 0.4) is 0 Å². The Balaban J connectivity index is 4.53. The van der Waals surface area contributed by atoms with E-state index in [1.165, 1.54) is 6.92 Å². The number of carbonyl (C=O) groups is 1. The van der Waals surface area contributed by atoms with Crippen LogP contribution in [0.4, 0.5) is 8.87 Å². The number of hydrogen-bond donors (Lipinski definition) is 1. The molecule has 0 fully saturated rings. The van der Waals surface area contributed by atoms with E-state index in [1.807, 2.05) is 0 Å². The summed E-state index contributed by atoms with van der Waals surface area (Å²) < 4.78 is 23.5. The molecule has 0 bridgehead atoms. The number of carboxylic acid groups (broad SMARTS) is 1. The van der Waals surface area contributed by atoms with Crippen molar-refractivity contribution in [2.24, 2.45) is 5.21 Å². The molecule has 0 aromatic heterocycles. The SMILES string of the molecule is CC(F)/C=C/C(=C\C=N/F)C(=O)O. The highest BCUT2D eigenvalue weighted by atomic mass is 19.2. The van der Waals surface area contributed by atoms with Crippen molar-refractivity contribution >= 4 is 12.2 Å². The molecule has 0 amide bonds. The van der Waals surface area contributed by atoms with Crippen LogP contribution in [-0.2, 0) is 4.79 Å². The first-order chi connectivity index (χ1) is 6.07. The van der Waals surface area contributed by atoms with E-state index in [0.29, 0.717) is 6.21 Å². The van der Waals surface area contributed by atoms with Gasteiger partial charge in [-0.2, -0.15) is 0 Å². The Morgan fingerprint density at radius 2 is 2.23 bits per heavy atom. The maximum absolute atomic E-state index is 12.2. The van der Waals surface area contributed by atoms with Crippen LogP contribution in [0.1, 0.15) is 6.92 Å². The average Bonchev–Trinajstić information content (AvgIpc) is 2.03. The van der Waals surface area contributed by atoms with Gasteiger partial charge in [0.05, 0.1) is 11.8 Å². The predicted octanol–water partition coefficient (Wildman–Crippen LogP) is 1.87. The van der Waals surface area contributed by atoms with Crippen LogP contribution in [0, 0.1) is 0 Å². The van der Waals surface area contributed by atoms with Crippen LogP contribution in [0.25, 0.3) is 0 Å². The molecule has 1 N–H and O–H groups in total. The van der Waals surface area contributed by atoms with Gasteiger partial charge in [0.1, 0.15) is 6.17 Å². The second kappa shape index (κ2) is 6.05. The minimum absolute atomic E-state index is 0.231. The number of alkyl halides is 1. The van der Waals surface area contributed by atoms with Gasteiger partial charge < -0.3 is 5.11 Å². The van der Waals surface area contributed by atoms with Crippen LogP contribution in [0.5, 0.6) is 0 Å². The molecular weight excluding hydrogens is 180 g/mol. The minimum atomic E-state index is -1.27. The van der Waals surface area contributed by atoms with Crippen LogP contribution in [0.2, 0.25) is 0 Å². The average molecular weight is 189 g/mol. The zero-order chi connectivity index (χ0) is 10.3. The molecule has 0 aliphatic rings. The summed E-state index contributed by atoms with van der Waals surface area (Å²) in [7, 11) is 0. The molecular formula is C8H9F2NO2. The number of rotatable bonds is 4. The van der Waals surface area contributed by atoms with Crippen molar-refractivity contribution in [2.75, 3.05) is 0 Å². The Morgan fingerprint density at radius 1 is 1.62 bits per heavy atom. The van der Waals surface area contributed by atoms with Crippen LogP contribution in [0.15, 0.2) is 29.0 Å². The Bertz CT molecular complexity index is 257. The van der Waals surface area contributed by atoms with Gasteiger partial charge in [-0.3, -0.25) is 0 Å². The summed E-state index contributed by atoms with van der Waals surface area (Å²) in [5, 5.41) is 10.6. The van der Waals surface area contributed by atoms with Gasteiger partial charge in [0.2, 0.25) is 0 Å². The third-order valence-corrected chi connectivity index (χ3v) is 1.10. The summed E-state index contributed by atoms with van der Waals surface area (Å²) in [5.74, 6) is -1.27. The first-order valence-corrected chi connectivity index (χ1v) is 3.48. The van der Waals surface area contributed by atoms with Gasteiger partial charge in [-0.25, -0.2) is 9.18 Å². The third-order valence-electron chi connectivity index (χ3n) is 1.10. The predicted molar refractivity (Wildman–Crippen MR) is 45.0 cm³/mol. The Labute approximate surface area is 74.0 Å². The second-order valence-corrected chi connectivity index (χ2v) is 2.21. The van der Waals surface area contributed by atoms with Gasteiger partial charge in [0.15, 0.2) is 0 Å². The lowest BCUT2D eigenvalue weighted by atomic mass is 10.2. The lowest BCUT2D eigenvalue weighted by molar-refractivity contribution is -0.132.